The molecule has 0 radical (unpaired) electrons. The van der Waals surface area contributed by atoms with E-state index in [1.807, 2.05) is 11.8 Å². The number of hydrogen-bond donors (Lipinski definition) is 2. The predicted molar refractivity (Wildman–Crippen MR) is 45.1 cm³/mol. The minimum atomic E-state index is 0.180. The summed E-state index contributed by atoms with van der Waals surface area (Å²) in [5.74, 6) is 2.29. The second-order valence-electron chi connectivity index (χ2n) is 3.00. The van der Waals surface area contributed by atoms with E-state index in [4.69, 9.17) is 10.8 Å². The third-order valence-corrected chi connectivity index (χ3v) is 3.50. The van der Waals surface area contributed by atoms with Crippen molar-refractivity contribution in [3.05, 3.63) is 0 Å². The third kappa shape index (κ3) is 1.65. The maximum atomic E-state index is 9.08. The first-order valence-corrected chi connectivity index (χ1v) is 4.87. The molecule has 0 aromatic heterocycles. The lowest BCUT2D eigenvalue weighted by Gasteiger charge is -2.24. The van der Waals surface area contributed by atoms with Crippen LogP contribution in [0.4, 0.5) is 0 Å². The average molecular weight is 161 g/mol. The Hall–Kier alpha value is 0.270. The van der Waals surface area contributed by atoms with Crippen molar-refractivity contribution in [1.29, 1.82) is 0 Å². The van der Waals surface area contributed by atoms with E-state index in [-0.39, 0.29) is 5.41 Å². The van der Waals surface area contributed by atoms with Gasteiger partial charge in [0.1, 0.15) is 0 Å². The van der Waals surface area contributed by atoms with E-state index in [0.29, 0.717) is 13.2 Å². The molecule has 3 N–H and O–H groups in total. The number of aliphatic hydroxyl groups excluding tert-OH is 1. The Balaban J connectivity index is 2.41. The highest BCUT2D eigenvalue weighted by atomic mass is 32.2. The normalized spacial score (nSPS) is 33.0. The Labute approximate surface area is 66.2 Å². The molecule has 1 saturated heterocycles. The minimum Gasteiger partial charge on any atom is -0.396 e. The Kier molecular flexibility index (Phi) is 3.01. The van der Waals surface area contributed by atoms with Crippen LogP contribution in [-0.4, -0.2) is 29.8 Å². The molecular formula is C7H15NOS. The van der Waals surface area contributed by atoms with Crippen LogP contribution in [0.5, 0.6) is 0 Å². The van der Waals surface area contributed by atoms with Crippen LogP contribution in [0.25, 0.3) is 0 Å². The van der Waals surface area contributed by atoms with E-state index in [1.54, 1.807) is 0 Å². The number of rotatable bonds is 3. The molecule has 60 valence electrons. The van der Waals surface area contributed by atoms with Gasteiger partial charge in [0.05, 0.1) is 0 Å². The van der Waals surface area contributed by atoms with Crippen LogP contribution in [0.1, 0.15) is 12.8 Å². The molecule has 1 rings (SSSR count). The fourth-order valence-electron chi connectivity index (χ4n) is 1.36. The zero-order chi connectivity index (χ0) is 7.45. The number of aliphatic hydroxyl groups is 1. The first-order chi connectivity index (χ1) is 4.83. The number of nitrogens with two attached hydrogens (primary N) is 1. The molecule has 1 fully saturated rings. The van der Waals surface area contributed by atoms with Crippen molar-refractivity contribution >= 4 is 11.8 Å². The van der Waals surface area contributed by atoms with Crippen LogP contribution in [0.15, 0.2) is 0 Å². The predicted octanol–water partition coefficient (Wildman–Crippen LogP) is 0.451. The summed E-state index contributed by atoms with van der Waals surface area (Å²) in [4.78, 5) is 0. The van der Waals surface area contributed by atoms with Gasteiger partial charge in [-0.1, -0.05) is 0 Å². The highest BCUT2D eigenvalue weighted by molar-refractivity contribution is 7.99. The molecule has 1 heterocycles. The molecule has 0 saturated carbocycles. The van der Waals surface area contributed by atoms with Crippen molar-refractivity contribution in [2.24, 2.45) is 11.1 Å². The van der Waals surface area contributed by atoms with Gasteiger partial charge in [-0.3, -0.25) is 0 Å². The smallest absolute Gasteiger partial charge is 0.0496 e. The molecule has 0 aromatic carbocycles. The quantitative estimate of drug-likeness (QED) is 0.632. The van der Waals surface area contributed by atoms with E-state index in [1.165, 1.54) is 5.75 Å². The molecular weight excluding hydrogens is 146 g/mol. The van der Waals surface area contributed by atoms with Crippen molar-refractivity contribution in [3.63, 3.8) is 0 Å². The fraction of sp³-hybridized carbons (Fsp3) is 1.00. The second-order valence-corrected chi connectivity index (χ2v) is 4.10. The Morgan fingerprint density at radius 1 is 1.60 bits per heavy atom. The van der Waals surface area contributed by atoms with Crippen molar-refractivity contribution in [3.8, 4) is 0 Å². The summed E-state index contributed by atoms with van der Waals surface area (Å²) in [6, 6.07) is 0. The van der Waals surface area contributed by atoms with Crippen LogP contribution >= 0.6 is 11.8 Å². The van der Waals surface area contributed by atoms with Crippen molar-refractivity contribution < 1.29 is 5.11 Å². The van der Waals surface area contributed by atoms with Gasteiger partial charge < -0.3 is 10.8 Å². The minimum absolute atomic E-state index is 0.180. The van der Waals surface area contributed by atoms with E-state index < -0.39 is 0 Å². The van der Waals surface area contributed by atoms with Gasteiger partial charge in [-0.25, -0.2) is 0 Å². The molecule has 1 atom stereocenters. The van der Waals surface area contributed by atoms with Crippen LogP contribution in [0.3, 0.4) is 0 Å². The zero-order valence-electron chi connectivity index (χ0n) is 6.18. The zero-order valence-corrected chi connectivity index (χ0v) is 6.99. The molecule has 0 bridgehead atoms. The van der Waals surface area contributed by atoms with Gasteiger partial charge in [-0.05, 0) is 25.1 Å². The maximum absolute atomic E-state index is 9.08. The second kappa shape index (κ2) is 3.60. The van der Waals surface area contributed by atoms with E-state index in [9.17, 15) is 0 Å². The molecule has 0 aromatic rings. The molecule has 0 aliphatic carbocycles. The van der Waals surface area contributed by atoms with Crippen molar-refractivity contribution in [1.82, 2.24) is 0 Å². The first kappa shape index (κ1) is 8.37. The summed E-state index contributed by atoms with van der Waals surface area (Å²) in [5.41, 5.74) is 5.63. The summed E-state index contributed by atoms with van der Waals surface area (Å²) in [6.07, 6.45) is 2.13. The lowest BCUT2D eigenvalue weighted by atomic mass is 9.85. The molecule has 1 aliphatic heterocycles. The van der Waals surface area contributed by atoms with Gasteiger partial charge in [0.15, 0.2) is 0 Å². The van der Waals surface area contributed by atoms with E-state index in [0.717, 1.165) is 18.6 Å². The molecule has 2 nitrogen and oxygen atoms in total. The monoisotopic (exact) mass is 161 g/mol. The van der Waals surface area contributed by atoms with E-state index in [2.05, 4.69) is 0 Å². The highest BCUT2D eigenvalue weighted by Gasteiger charge is 2.32. The van der Waals surface area contributed by atoms with Gasteiger partial charge in [0.25, 0.3) is 0 Å². The molecule has 10 heavy (non-hydrogen) atoms. The Morgan fingerprint density at radius 2 is 2.40 bits per heavy atom. The van der Waals surface area contributed by atoms with Gasteiger partial charge in [0.2, 0.25) is 0 Å². The Bertz CT molecular complexity index is 102. The SMILES string of the molecule is NCCC1(CO)CCSC1. The Morgan fingerprint density at radius 3 is 2.80 bits per heavy atom. The summed E-state index contributed by atoms with van der Waals surface area (Å²) >= 11 is 1.93. The third-order valence-electron chi connectivity index (χ3n) is 2.20. The molecule has 1 aliphatic rings. The lowest BCUT2D eigenvalue weighted by Crippen LogP contribution is -2.27. The summed E-state index contributed by atoms with van der Waals surface area (Å²) in [7, 11) is 0. The van der Waals surface area contributed by atoms with Crippen LogP contribution in [0, 0.1) is 5.41 Å². The largest absolute Gasteiger partial charge is 0.396 e. The van der Waals surface area contributed by atoms with Gasteiger partial charge >= 0.3 is 0 Å². The van der Waals surface area contributed by atoms with Gasteiger partial charge in [-0.2, -0.15) is 11.8 Å². The lowest BCUT2D eigenvalue weighted by molar-refractivity contribution is 0.142. The fourth-order valence-corrected chi connectivity index (χ4v) is 2.89. The topological polar surface area (TPSA) is 46.2 Å². The number of hydrogen-bond acceptors (Lipinski definition) is 3. The van der Waals surface area contributed by atoms with E-state index >= 15 is 0 Å². The molecule has 1 unspecified atom stereocenters. The molecule has 0 spiro atoms. The first-order valence-electron chi connectivity index (χ1n) is 3.72. The van der Waals surface area contributed by atoms with Gasteiger partial charge in [-0.15, -0.1) is 0 Å². The van der Waals surface area contributed by atoms with Gasteiger partial charge in [0, 0.05) is 17.8 Å². The van der Waals surface area contributed by atoms with Crippen molar-refractivity contribution in [2.45, 2.75) is 12.8 Å². The summed E-state index contributed by atoms with van der Waals surface area (Å²) < 4.78 is 0. The van der Waals surface area contributed by atoms with Crippen LogP contribution < -0.4 is 5.73 Å². The molecule has 3 heteroatoms. The number of thioether (sulfide) groups is 1. The van der Waals surface area contributed by atoms with Crippen molar-refractivity contribution in [2.75, 3.05) is 24.7 Å². The standard InChI is InChI=1S/C7H15NOS/c8-3-1-7(5-9)2-4-10-6-7/h9H,1-6,8H2. The molecule has 0 amide bonds. The van der Waals surface area contributed by atoms with Crippen LogP contribution in [-0.2, 0) is 0 Å². The maximum Gasteiger partial charge on any atom is 0.0496 e. The highest BCUT2D eigenvalue weighted by Crippen LogP contribution is 2.37. The van der Waals surface area contributed by atoms with Crippen LogP contribution in [0.2, 0.25) is 0 Å². The summed E-state index contributed by atoms with van der Waals surface area (Å²) in [5, 5.41) is 9.08. The average Bonchev–Trinajstić information content (AvgIpc) is 2.39. The summed E-state index contributed by atoms with van der Waals surface area (Å²) in [6.45, 7) is 1.03.